The zero-order chi connectivity index (χ0) is 12.4. The first-order chi connectivity index (χ1) is 8.86. The molecule has 1 N–H and O–H groups in total. The minimum Gasteiger partial charge on any atom is -0.387 e. The van der Waals surface area contributed by atoms with Crippen LogP contribution in [-0.2, 0) is 0 Å². The summed E-state index contributed by atoms with van der Waals surface area (Å²) in [6.45, 7) is 4.92. The van der Waals surface area contributed by atoms with Crippen molar-refractivity contribution in [3.8, 4) is 0 Å². The zero-order valence-electron chi connectivity index (χ0n) is 11.1. The normalized spacial score (nSPS) is 24.7. The number of pyridine rings is 1. The maximum Gasteiger partial charge on any atom is 0.0574 e. The van der Waals surface area contributed by atoms with E-state index in [-0.39, 0.29) is 0 Å². The highest BCUT2D eigenvalue weighted by Gasteiger charge is 2.29. The lowest BCUT2D eigenvalue weighted by Gasteiger charge is -2.24. The van der Waals surface area contributed by atoms with E-state index in [0.717, 1.165) is 24.8 Å². The van der Waals surface area contributed by atoms with Crippen LogP contribution >= 0.6 is 0 Å². The monoisotopic (exact) mass is 246 g/mol. The average Bonchev–Trinajstić information content (AvgIpc) is 3.09. The lowest BCUT2D eigenvalue weighted by atomic mass is 10.2. The molecular weight excluding hydrogens is 224 g/mol. The van der Waals surface area contributed by atoms with Crippen LogP contribution < -0.4 is 10.2 Å². The molecule has 4 nitrogen and oxygen atoms in total. The Morgan fingerprint density at radius 3 is 2.83 bits per heavy atom. The Bertz CT molecular complexity index is 401. The van der Waals surface area contributed by atoms with Gasteiger partial charge in [-0.05, 0) is 38.4 Å². The molecule has 1 aromatic rings. The average molecular weight is 246 g/mol. The minimum atomic E-state index is 0.755. The molecule has 1 atom stereocenters. The van der Waals surface area contributed by atoms with Crippen molar-refractivity contribution in [2.24, 2.45) is 0 Å². The number of aromatic nitrogens is 1. The topological polar surface area (TPSA) is 31.4 Å². The third-order valence-electron chi connectivity index (χ3n) is 4.20. The van der Waals surface area contributed by atoms with E-state index in [2.05, 4.69) is 26.2 Å². The number of hydrogen-bond acceptors (Lipinski definition) is 4. The van der Waals surface area contributed by atoms with Gasteiger partial charge in [-0.25, -0.2) is 0 Å². The van der Waals surface area contributed by atoms with E-state index in [1.54, 1.807) is 0 Å². The smallest absolute Gasteiger partial charge is 0.0574 e. The van der Waals surface area contributed by atoms with Crippen LogP contribution in [0.4, 0.5) is 11.4 Å². The summed E-state index contributed by atoms with van der Waals surface area (Å²) in [4.78, 5) is 9.44. The van der Waals surface area contributed by atoms with E-state index in [4.69, 9.17) is 0 Å². The molecule has 0 saturated carbocycles. The summed E-state index contributed by atoms with van der Waals surface area (Å²) in [6.07, 6.45) is 7.91. The Balaban J connectivity index is 1.67. The van der Waals surface area contributed by atoms with Gasteiger partial charge in [-0.3, -0.25) is 9.88 Å². The fraction of sp³-hybridized carbons (Fsp3) is 0.643. The van der Waals surface area contributed by atoms with Crippen molar-refractivity contribution >= 4 is 11.4 Å². The van der Waals surface area contributed by atoms with Crippen molar-refractivity contribution in [2.75, 3.05) is 43.4 Å². The third kappa shape index (κ3) is 2.29. The summed E-state index contributed by atoms with van der Waals surface area (Å²) in [5.74, 6) is 0. The standard InChI is InChI=1S/C14H22N4/c1-15-12-8-14(10-16-9-12)18-7-4-13(11-18)17-5-2-3-6-17/h8-10,13,15H,2-7,11H2,1H3. The summed E-state index contributed by atoms with van der Waals surface area (Å²) in [7, 11) is 1.94. The molecule has 3 heterocycles. The van der Waals surface area contributed by atoms with Crippen LogP contribution in [0, 0.1) is 0 Å². The first kappa shape index (κ1) is 11.8. The van der Waals surface area contributed by atoms with Gasteiger partial charge in [0.2, 0.25) is 0 Å². The number of nitrogens with zero attached hydrogens (tertiary/aromatic N) is 3. The maximum atomic E-state index is 4.30. The second kappa shape index (κ2) is 5.14. The van der Waals surface area contributed by atoms with Crippen molar-refractivity contribution in [3.63, 3.8) is 0 Å². The van der Waals surface area contributed by atoms with Crippen LogP contribution in [-0.4, -0.2) is 49.2 Å². The van der Waals surface area contributed by atoms with Crippen molar-refractivity contribution in [1.29, 1.82) is 0 Å². The molecule has 2 aliphatic rings. The Labute approximate surface area is 109 Å². The van der Waals surface area contributed by atoms with Crippen molar-refractivity contribution in [3.05, 3.63) is 18.5 Å². The lowest BCUT2D eigenvalue weighted by molar-refractivity contribution is 0.260. The van der Waals surface area contributed by atoms with Gasteiger partial charge in [0.15, 0.2) is 0 Å². The highest BCUT2D eigenvalue weighted by Crippen LogP contribution is 2.26. The fourth-order valence-corrected chi connectivity index (χ4v) is 3.12. The van der Waals surface area contributed by atoms with Crippen LogP contribution in [0.5, 0.6) is 0 Å². The Morgan fingerprint density at radius 2 is 2.06 bits per heavy atom. The van der Waals surface area contributed by atoms with Crippen LogP contribution in [0.25, 0.3) is 0 Å². The molecule has 1 aromatic heterocycles. The summed E-state index contributed by atoms with van der Waals surface area (Å²) in [5, 5.41) is 3.16. The second-order valence-electron chi connectivity index (χ2n) is 5.31. The van der Waals surface area contributed by atoms with Gasteiger partial charge in [0, 0.05) is 26.2 Å². The number of nitrogens with one attached hydrogen (secondary N) is 1. The second-order valence-corrected chi connectivity index (χ2v) is 5.31. The van der Waals surface area contributed by atoms with E-state index in [9.17, 15) is 0 Å². The fourth-order valence-electron chi connectivity index (χ4n) is 3.12. The molecular formula is C14H22N4. The largest absolute Gasteiger partial charge is 0.387 e. The van der Waals surface area contributed by atoms with Crippen molar-refractivity contribution in [2.45, 2.75) is 25.3 Å². The van der Waals surface area contributed by atoms with Crippen molar-refractivity contribution < 1.29 is 0 Å². The van der Waals surface area contributed by atoms with Gasteiger partial charge in [-0.2, -0.15) is 0 Å². The zero-order valence-corrected chi connectivity index (χ0v) is 11.1. The van der Waals surface area contributed by atoms with Crippen LogP contribution in [0.15, 0.2) is 18.5 Å². The molecule has 98 valence electrons. The van der Waals surface area contributed by atoms with Gasteiger partial charge in [0.25, 0.3) is 0 Å². The molecule has 3 rings (SSSR count). The lowest BCUT2D eigenvalue weighted by Crippen LogP contribution is -2.35. The molecule has 0 radical (unpaired) electrons. The molecule has 1 unspecified atom stereocenters. The number of likely N-dealkylation sites (tertiary alicyclic amines) is 1. The van der Waals surface area contributed by atoms with E-state index in [0.29, 0.717) is 0 Å². The van der Waals surface area contributed by atoms with Gasteiger partial charge in [0.1, 0.15) is 0 Å². The Kier molecular flexibility index (Phi) is 3.37. The van der Waals surface area contributed by atoms with Crippen LogP contribution in [0.2, 0.25) is 0 Å². The predicted octanol–water partition coefficient (Wildman–Crippen LogP) is 1.80. The van der Waals surface area contributed by atoms with Gasteiger partial charge >= 0.3 is 0 Å². The highest BCUT2D eigenvalue weighted by molar-refractivity contribution is 5.56. The highest BCUT2D eigenvalue weighted by atomic mass is 15.3. The van der Waals surface area contributed by atoms with Crippen molar-refractivity contribution in [1.82, 2.24) is 9.88 Å². The first-order valence-corrected chi connectivity index (χ1v) is 6.98. The molecule has 18 heavy (non-hydrogen) atoms. The SMILES string of the molecule is CNc1cncc(N2CCC(N3CCCC3)C2)c1. The van der Waals surface area contributed by atoms with E-state index >= 15 is 0 Å². The van der Waals surface area contributed by atoms with Gasteiger partial charge in [0.05, 0.1) is 23.8 Å². The first-order valence-electron chi connectivity index (χ1n) is 6.98. The summed E-state index contributed by atoms with van der Waals surface area (Å²) < 4.78 is 0. The van der Waals surface area contributed by atoms with Gasteiger partial charge in [-0.1, -0.05) is 0 Å². The van der Waals surface area contributed by atoms with Gasteiger partial charge < -0.3 is 10.2 Å². The molecule has 0 amide bonds. The van der Waals surface area contributed by atoms with Gasteiger partial charge in [-0.15, -0.1) is 0 Å². The quantitative estimate of drug-likeness (QED) is 0.881. The Morgan fingerprint density at radius 1 is 1.22 bits per heavy atom. The molecule has 2 aliphatic heterocycles. The molecule has 0 aliphatic carbocycles. The molecule has 2 saturated heterocycles. The minimum absolute atomic E-state index is 0.755. The summed E-state index contributed by atoms with van der Waals surface area (Å²) in [6, 6.07) is 2.95. The molecule has 2 fully saturated rings. The number of anilines is 2. The number of hydrogen-bond donors (Lipinski definition) is 1. The van der Waals surface area contributed by atoms with Crippen LogP contribution in [0.3, 0.4) is 0 Å². The maximum absolute atomic E-state index is 4.30. The predicted molar refractivity (Wildman–Crippen MR) is 75.2 cm³/mol. The van der Waals surface area contributed by atoms with E-state index in [1.165, 1.54) is 38.0 Å². The third-order valence-corrected chi connectivity index (χ3v) is 4.20. The molecule has 4 heteroatoms. The summed E-state index contributed by atoms with van der Waals surface area (Å²) in [5.41, 5.74) is 2.35. The number of rotatable bonds is 3. The molecule has 0 spiro atoms. The van der Waals surface area contributed by atoms with E-state index < -0.39 is 0 Å². The summed E-state index contributed by atoms with van der Waals surface area (Å²) >= 11 is 0. The van der Waals surface area contributed by atoms with Crippen LogP contribution in [0.1, 0.15) is 19.3 Å². The van der Waals surface area contributed by atoms with E-state index in [1.807, 2.05) is 19.4 Å². The molecule has 0 bridgehead atoms. The molecule has 0 aromatic carbocycles. The Hall–Kier alpha value is -1.29.